The summed E-state index contributed by atoms with van der Waals surface area (Å²) < 4.78 is 2.40. The molecular weight excluding hydrogens is 749 g/mol. The third-order valence-electron chi connectivity index (χ3n) is 14.0. The van der Waals surface area contributed by atoms with Crippen molar-refractivity contribution in [2.45, 2.75) is 38.5 Å². The molecule has 2 aliphatic rings. The lowest BCUT2D eigenvalue weighted by Gasteiger charge is -2.32. The van der Waals surface area contributed by atoms with Crippen LogP contribution in [0.1, 0.15) is 49.9 Å². The highest BCUT2D eigenvalue weighted by atomic mass is 15.2. The van der Waals surface area contributed by atoms with E-state index in [9.17, 15) is 0 Å². The van der Waals surface area contributed by atoms with E-state index in [2.05, 4.69) is 243 Å². The molecule has 0 aliphatic heterocycles. The molecule has 62 heavy (non-hydrogen) atoms. The number of fused-ring (bicyclic) bond motifs is 9. The molecule has 1 heterocycles. The molecule has 0 atom stereocenters. The molecule has 296 valence electrons. The lowest BCUT2D eigenvalue weighted by atomic mass is 9.82. The summed E-state index contributed by atoms with van der Waals surface area (Å²) in [5.74, 6) is 0. The topological polar surface area (TPSA) is 8.17 Å². The molecule has 0 amide bonds. The fourth-order valence-corrected chi connectivity index (χ4v) is 11.1. The maximum absolute atomic E-state index is 2.57. The highest BCUT2D eigenvalue weighted by molar-refractivity contribution is 6.11. The number of aromatic nitrogens is 1. The van der Waals surface area contributed by atoms with E-state index in [1.54, 1.807) is 0 Å². The predicted octanol–water partition coefficient (Wildman–Crippen LogP) is 16.2. The zero-order valence-corrected chi connectivity index (χ0v) is 35.5. The molecule has 0 radical (unpaired) electrons. The zero-order chi connectivity index (χ0) is 41.7. The van der Waals surface area contributed by atoms with Crippen LogP contribution in [0.25, 0.3) is 72.0 Å². The summed E-state index contributed by atoms with van der Waals surface area (Å²) in [5.41, 5.74) is 22.3. The summed E-state index contributed by atoms with van der Waals surface area (Å²) in [6, 6.07) is 76.6. The van der Waals surface area contributed by atoms with Crippen molar-refractivity contribution in [2.75, 3.05) is 4.90 Å². The molecule has 2 nitrogen and oxygen atoms in total. The number of hydrogen-bond acceptors (Lipinski definition) is 1. The molecule has 0 bridgehead atoms. The van der Waals surface area contributed by atoms with Crippen LogP contribution >= 0.6 is 0 Å². The third-order valence-corrected chi connectivity index (χ3v) is 14.0. The van der Waals surface area contributed by atoms with E-state index in [1.165, 1.54) is 94.3 Å². The van der Waals surface area contributed by atoms with E-state index in [-0.39, 0.29) is 10.8 Å². The molecule has 0 saturated carbocycles. The Hall–Kier alpha value is -7.42. The van der Waals surface area contributed by atoms with Crippen LogP contribution in [0.15, 0.2) is 206 Å². The fraction of sp³-hybridized carbons (Fsp3) is 0.100. The number of hydrogen-bond donors (Lipinski definition) is 0. The molecule has 2 aliphatic carbocycles. The van der Waals surface area contributed by atoms with Gasteiger partial charge in [-0.25, -0.2) is 0 Å². The van der Waals surface area contributed by atoms with Gasteiger partial charge in [0.15, 0.2) is 0 Å². The van der Waals surface area contributed by atoms with Crippen molar-refractivity contribution < 1.29 is 0 Å². The Kier molecular flexibility index (Phi) is 7.96. The second-order valence-electron chi connectivity index (χ2n) is 18.1. The van der Waals surface area contributed by atoms with Gasteiger partial charge in [-0.3, -0.25) is 0 Å². The van der Waals surface area contributed by atoms with E-state index < -0.39 is 0 Å². The van der Waals surface area contributed by atoms with Crippen LogP contribution in [-0.2, 0) is 10.8 Å². The second-order valence-corrected chi connectivity index (χ2v) is 18.1. The highest BCUT2D eigenvalue weighted by Gasteiger charge is 2.40. The molecule has 0 saturated heterocycles. The van der Waals surface area contributed by atoms with Gasteiger partial charge in [-0.1, -0.05) is 185 Å². The van der Waals surface area contributed by atoms with Gasteiger partial charge in [-0.15, -0.1) is 0 Å². The third kappa shape index (κ3) is 5.16. The van der Waals surface area contributed by atoms with Gasteiger partial charge in [0.1, 0.15) is 0 Å². The van der Waals surface area contributed by atoms with Crippen LogP contribution in [0.5, 0.6) is 0 Å². The van der Waals surface area contributed by atoms with E-state index in [4.69, 9.17) is 0 Å². The van der Waals surface area contributed by atoms with Gasteiger partial charge in [0, 0.05) is 44.0 Å². The van der Waals surface area contributed by atoms with E-state index >= 15 is 0 Å². The minimum Gasteiger partial charge on any atom is -0.309 e. The Labute approximate surface area is 364 Å². The number of anilines is 3. The molecule has 9 aromatic carbocycles. The molecule has 0 N–H and O–H groups in total. The Balaban J connectivity index is 1.14. The summed E-state index contributed by atoms with van der Waals surface area (Å²) in [5, 5.41) is 2.48. The molecule has 2 heteroatoms. The van der Waals surface area contributed by atoms with Crippen LogP contribution < -0.4 is 4.90 Å². The number of nitrogens with zero attached hydrogens (tertiary/aromatic N) is 2. The van der Waals surface area contributed by atoms with Crippen molar-refractivity contribution in [1.82, 2.24) is 4.57 Å². The van der Waals surface area contributed by atoms with Gasteiger partial charge in [-0.2, -0.15) is 0 Å². The number of rotatable bonds is 6. The molecule has 1 aromatic heterocycles. The van der Waals surface area contributed by atoms with Crippen molar-refractivity contribution in [2.24, 2.45) is 0 Å². The lowest BCUT2D eigenvalue weighted by Crippen LogP contribution is -2.16. The minimum absolute atomic E-state index is 0.110. The normalized spacial score (nSPS) is 14.1. The Bertz CT molecular complexity index is 3420. The molecule has 10 aromatic rings. The first-order valence-corrected chi connectivity index (χ1v) is 21.9. The van der Waals surface area contributed by atoms with E-state index in [0.717, 1.165) is 17.1 Å². The van der Waals surface area contributed by atoms with Crippen LogP contribution in [0.3, 0.4) is 0 Å². The first-order valence-electron chi connectivity index (χ1n) is 21.9. The van der Waals surface area contributed by atoms with Crippen molar-refractivity contribution in [1.29, 1.82) is 0 Å². The van der Waals surface area contributed by atoms with Crippen molar-refractivity contribution in [3.05, 3.63) is 229 Å². The van der Waals surface area contributed by atoms with Crippen molar-refractivity contribution in [3.63, 3.8) is 0 Å². The Morgan fingerprint density at radius 3 is 1.55 bits per heavy atom. The predicted molar refractivity (Wildman–Crippen MR) is 261 cm³/mol. The summed E-state index contributed by atoms with van der Waals surface area (Å²) in [4.78, 5) is 2.57. The summed E-state index contributed by atoms with van der Waals surface area (Å²) in [6.07, 6.45) is 0. The minimum atomic E-state index is -0.153. The fourth-order valence-electron chi connectivity index (χ4n) is 11.1. The van der Waals surface area contributed by atoms with Gasteiger partial charge in [-0.05, 0) is 98.6 Å². The molecule has 0 unspecified atom stereocenters. The number of benzene rings is 9. The van der Waals surface area contributed by atoms with Gasteiger partial charge < -0.3 is 9.47 Å². The smallest absolute Gasteiger partial charge is 0.0543 e. The number of para-hydroxylation sites is 4. The summed E-state index contributed by atoms with van der Waals surface area (Å²) >= 11 is 0. The van der Waals surface area contributed by atoms with Gasteiger partial charge in [0.25, 0.3) is 0 Å². The Morgan fingerprint density at radius 2 is 0.823 bits per heavy atom. The van der Waals surface area contributed by atoms with Crippen LogP contribution in [-0.4, -0.2) is 4.57 Å². The van der Waals surface area contributed by atoms with Gasteiger partial charge >= 0.3 is 0 Å². The molecule has 12 rings (SSSR count). The largest absolute Gasteiger partial charge is 0.309 e. The van der Waals surface area contributed by atoms with E-state index in [1.807, 2.05) is 0 Å². The van der Waals surface area contributed by atoms with Crippen molar-refractivity contribution >= 4 is 38.9 Å². The first kappa shape index (κ1) is 36.4. The first-order chi connectivity index (χ1) is 30.3. The molecule has 0 spiro atoms. The lowest BCUT2D eigenvalue weighted by molar-refractivity contribution is 0.660. The average molecular weight is 795 g/mol. The maximum atomic E-state index is 2.57. The maximum Gasteiger partial charge on any atom is 0.0543 e. The SMILES string of the molecule is CC1(C)c2ccccc2-c2c(-c3ccccc3N(c3ccccc3-c3ccc4c(c3)c3ccccc3n4-c3ccccc3)c3cccc4c3-c3ccccc3C4(C)C)cccc21. The van der Waals surface area contributed by atoms with Crippen molar-refractivity contribution in [3.8, 4) is 50.2 Å². The second kappa shape index (κ2) is 13.5. The standard InChI is InChI=1S/C60H46N2/c1-59(2)48-28-13-8-25-45(48)57-44(27-18-30-50(57)59)42-23-11-17-34-54(42)62(56-35-19-31-51-58(56)46-26-9-14-29-49(46)60(51,3)4)52-32-15-10-22-41(52)39-36-37-55-47(38-39)43-24-12-16-33-53(43)61(55)40-20-6-5-7-21-40/h5-38H,1-4H3. The summed E-state index contributed by atoms with van der Waals surface area (Å²) in [7, 11) is 0. The van der Waals surface area contributed by atoms with Crippen LogP contribution in [0.4, 0.5) is 17.1 Å². The Morgan fingerprint density at radius 1 is 0.339 bits per heavy atom. The zero-order valence-electron chi connectivity index (χ0n) is 35.5. The highest BCUT2D eigenvalue weighted by Crippen LogP contribution is 2.58. The summed E-state index contributed by atoms with van der Waals surface area (Å²) in [6.45, 7) is 9.50. The molecule has 0 fully saturated rings. The average Bonchev–Trinajstić information content (AvgIpc) is 3.87. The van der Waals surface area contributed by atoms with Crippen LogP contribution in [0, 0.1) is 0 Å². The van der Waals surface area contributed by atoms with Gasteiger partial charge in [0.2, 0.25) is 0 Å². The van der Waals surface area contributed by atoms with Crippen LogP contribution in [0.2, 0.25) is 0 Å². The monoisotopic (exact) mass is 794 g/mol. The van der Waals surface area contributed by atoms with E-state index in [0.29, 0.717) is 0 Å². The quantitative estimate of drug-likeness (QED) is 0.163. The van der Waals surface area contributed by atoms with Gasteiger partial charge in [0.05, 0.1) is 28.1 Å². The molecular formula is C60H46N2.